The Morgan fingerprint density at radius 3 is 1.21 bits per heavy atom. The van der Waals surface area contributed by atoms with Gasteiger partial charge in [-0.05, 0) is 214 Å². The molecule has 16 N–H and O–H groups in total. The molecule has 6 heterocycles. The number of carbonyl (C=O) groups excluding carboxylic acids is 7. The molecule has 0 unspecified atom stereocenters. The fourth-order valence-electron chi connectivity index (χ4n) is 14.8. The first-order valence-electron chi connectivity index (χ1n) is 43.5. The van der Waals surface area contributed by atoms with Gasteiger partial charge in [0.05, 0.1) is 35.5 Å². The maximum absolute atomic E-state index is 12.8. The van der Waals surface area contributed by atoms with Crippen LogP contribution in [0.2, 0.25) is 5.02 Å². The Labute approximate surface area is 823 Å². The number of ether oxygens (including phenoxy) is 4. The lowest BCUT2D eigenvalue weighted by molar-refractivity contribution is -0.118. The molecule has 40 nitrogen and oxygen atoms in total. The summed E-state index contributed by atoms with van der Waals surface area (Å²) < 4.78 is 51.6. The van der Waals surface area contributed by atoms with Gasteiger partial charge in [0.25, 0.3) is 68.8 Å². The van der Waals surface area contributed by atoms with E-state index in [1.54, 1.807) is 167 Å². The van der Waals surface area contributed by atoms with Crippen molar-refractivity contribution in [3.05, 3.63) is 422 Å². The van der Waals surface area contributed by atoms with Crippen LogP contribution in [0.1, 0.15) is 85.8 Å². The SMILES string of the molecule is COc1ccccc1OCc1nc2cc(C(=O)NO)ccc2c(=O)[nH]1.CS(=O)(=O)c1ccccc1OCc1nc2cc(C(=O)NO)ccc2c(=O)[nH]1.NC(=O)CCn1ccc2ccc(C(=O)NO)cc2c1=O.O=C(NO)c1ccc2ccn(-c3ccc(Cl)cc3)c(=O)c2c1.O=C(NO)c1ccc2ccn(CCOc3ccccc3)c(=O)c2c1.O=C(NO)c1ccc2ccn(CCc3cccc4ccccc34)c(=O)c2c1. The van der Waals surface area contributed by atoms with E-state index in [9.17, 15) is 70.7 Å². The van der Waals surface area contributed by atoms with E-state index in [2.05, 4.69) is 44.2 Å². The van der Waals surface area contributed by atoms with Crippen molar-refractivity contribution in [1.82, 2.24) is 71.1 Å². The number of para-hydroxylation sites is 4. The van der Waals surface area contributed by atoms with E-state index in [0.717, 1.165) is 29.2 Å². The van der Waals surface area contributed by atoms with Crippen LogP contribution < -0.4 is 90.9 Å². The summed E-state index contributed by atoms with van der Waals surface area (Å²) in [6, 6.07) is 78.1. The van der Waals surface area contributed by atoms with Gasteiger partial charge in [-0.25, -0.2) is 51.3 Å². The minimum atomic E-state index is -3.48. The smallest absolute Gasteiger partial charge is 0.274 e. The van der Waals surface area contributed by atoms with Crippen molar-refractivity contribution in [1.29, 1.82) is 0 Å². The van der Waals surface area contributed by atoms with Crippen LogP contribution >= 0.6 is 11.6 Å². The number of primary amides is 1. The Morgan fingerprint density at radius 2 is 0.759 bits per heavy atom. The number of methoxy groups -OCH3 is 1. The summed E-state index contributed by atoms with van der Waals surface area (Å²) in [5, 5.41) is 60.2. The number of pyridine rings is 4. The van der Waals surface area contributed by atoms with Crippen molar-refractivity contribution < 1.29 is 92.2 Å². The highest BCUT2D eigenvalue weighted by Gasteiger charge is 2.20. The number of carbonyl (C=O) groups is 7. The quantitative estimate of drug-likeness (QED) is 0.0187. The van der Waals surface area contributed by atoms with Crippen LogP contribution in [0.5, 0.6) is 23.0 Å². The van der Waals surface area contributed by atoms with Crippen LogP contribution in [-0.4, -0.2) is 139 Å². The fraction of sp³-hybridized carbons (Fsp3) is 0.0971. The van der Waals surface area contributed by atoms with Crippen molar-refractivity contribution in [2.75, 3.05) is 20.0 Å². The van der Waals surface area contributed by atoms with Crippen molar-refractivity contribution in [2.24, 2.45) is 5.73 Å². The molecule has 0 radical (unpaired) electrons. The van der Waals surface area contributed by atoms with Gasteiger partial charge >= 0.3 is 0 Å². The molecule has 0 atom stereocenters. The molecule has 18 rings (SSSR count). The second-order valence-electron chi connectivity index (χ2n) is 31.5. The number of rotatable bonds is 25. The van der Waals surface area contributed by atoms with E-state index in [-0.39, 0.29) is 115 Å². The van der Waals surface area contributed by atoms with Gasteiger partial charge in [-0.3, -0.25) is 98.1 Å². The van der Waals surface area contributed by atoms with Crippen LogP contribution in [0.25, 0.3) is 81.4 Å². The van der Waals surface area contributed by atoms with Gasteiger partial charge < -0.3 is 48.4 Å². The number of hydrogen-bond acceptors (Lipinski definition) is 27. The number of halogens is 1. The molecule has 6 aromatic heterocycles. The molecule has 145 heavy (non-hydrogen) atoms. The van der Waals surface area contributed by atoms with Gasteiger partial charge in [0.15, 0.2) is 21.3 Å². The molecule has 7 amide bonds. The Kier molecular flexibility index (Phi) is 34.7. The maximum Gasteiger partial charge on any atom is 0.274 e. The molecule has 0 aliphatic rings. The molecule has 0 bridgehead atoms. The van der Waals surface area contributed by atoms with Crippen LogP contribution in [0.4, 0.5) is 0 Å². The summed E-state index contributed by atoms with van der Waals surface area (Å²) in [4.78, 5) is 168. The van der Waals surface area contributed by atoms with Crippen LogP contribution in [0.3, 0.4) is 0 Å². The number of hydrogen-bond donors (Lipinski definition) is 15. The van der Waals surface area contributed by atoms with E-state index in [4.69, 9.17) is 67.5 Å². The molecule has 18 aromatic rings. The van der Waals surface area contributed by atoms with Crippen molar-refractivity contribution in [2.45, 2.75) is 50.6 Å². The number of aromatic nitrogens is 8. The van der Waals surface area contributed by atoms with Gasteiger partial charge in [0.2, 0.25) is 5.91 Å². The third-order valence-corrected chi connectivity index (χ3v) is 23.5. The van der Waals surface area contributed by atoms with Crippen LogP contribution in [0, 0.1) is 0 Å². The highest BCUT2D eigenvalue weighted by atomic mass is 35.5. The zero-order valence-corrected chi connectivity index (χ0v) is 78.1. The first-order chi connectivity index (χ1) is 69.9. The molecule has 12 aromatic carbocycles. The number of amides is 7. The number of sulfone groups is 1. The number of hydroxylamine groups is 6. The predicted octanol–water partition coefficient (Wildman–Crippen LogP) is 11.1. The predicted molar refractivity (Wildman–Crippen MR) is 534 cm³/mol. The second kappa shape index (κ2) is 48.4. The first kappa shape index (κ1) is 104. The third-order valence-electron chi connectivity index (χ3n) is 22.1. The Hall–Kier alpha value is -18.5. The molecular weight excluding hydrogens is 1910 g/mol. The molecule has 42 heteroatoms. The monoisotopic (exact) mass is 2000 g/mol. The number of H-pyrrole nitrogens is 2. The Balaban J connectivity index is 0.000000146. The molecule has 0 aliphatic heterocycles. The Bertz CT molecular complexity index is 8470. The van der Waals surface area contributed by atoms with E-state index >= 15 is 0 Å². The average molecular weight is 2000 g/mol. The van der Waals surface area contributed by atoms with E-state index in [0.29, 0.717) is 91.0 Å². The highest BCUT2D eigenvalue weighted by Crippen LogP contribution is 2.29. The van der Waals surface area contributed by atoms with E-state index in [1.807, 2.05) is 60.7 Å². The van der Waals surface area contributed by atoms with Crippen molar-refractivity contribution >= 4 is 138 Å². The number of aromatic amines is 2. The zero-order valence-electron chi connectivity index (χ0n) is 76.5. The number of benzene rings is 12. The lowest BCUT2D eigenvalue weighted by atomic mass is 10.0. The normalized spacial score (nSPS) is 10.8. The summed E-state index contributed by atoms with van der Waals surface area (Å²) in [5.74, 6) is -2.16. The summed E-state index contributed by atoms with van der Waals surface area (Å²) in [5.41, 5.74) is 16.2. The highest BCUT2D eigenvalue weighted by molar-refractivity contribution is 7.90. The summed E-state index contributed by atoms with van der Waals surface area (Å²) >= 11 is 5.85. The summed E-state index contributed by atoms with van der Waals surface area (Å²) in [6.07, 6.45) is 8.57. The number of nitrogens with two attached hydrogens (primary N) is 1. The minimum absolute atomic E-state index is 0.0159. The van der Waals surface area contributed by atoms with Gasteiger partial charge in [-0.15, -0.1) is 0 Å². The zero-order chi connectivity index (χ0) is 104. The van der Waals surface area contributed by atoms with Gasteiger partial charge in [-0.1, -0.05) is 121 Å². The van der Waals surface area contributed by atoms with E-state index < -0.39 is 56.7 Å². The first-order valence-corrected chi connectivity index (χ1v) is 45.8. The molecular formula is C103H88ClN15O25S. The minimum Gasteiger partial charge on any atom is -0.493 e. The van der Waals surface area contributed by atoms with Crippen molar-refractivity contribution in [3.8, 4) is 28.7 Å². The fourth-order valence-corrected chi connectivity index (χ4v) is 15.8. The molecule has 0 aliphatic carbocycles. The number of nitrogens with zero attached hydrogens (tertiary/aromatic N) is 6. The lowest BCUT2D eigenvalue weighted by Crippen LogP contribution is -2.23. The molecule has 0 spiro atoms. The van der Waals surface area contributed by atoms with Crippen LogP contribution in [0.15, 0.2) is 338 Å². The van der Waals surface area contributed by atoms with Gasteiger partial charge in [0, 0.05) is 116 Å². The maximum atomic E-state index is 12.8. The molecule has 0 saturated heterocycles. The van der Waals surface area contributed by atoms with Crippen LogP contribution in [-0.2, 0) is 53.9 Å². The average Bonchev–Trinajstić information content (AvgIpc) is 0.740. The van der Waals surface area contributed by atoms with Gasteiger partial charge in [0.1, 0.15) is 47.9 Å². The molecule has 0 saturated carbocycles. The standard InChI is InChI=1S/C22H18N2O3.C18H16N2O4.C17H15N3O6S.C17H15N3O5.C16H11ClN2O3.C13H13N3O4/c25-21(23-27)18-9-8-17-11-13-24(22(26)20(17)14-18)12-10-16-6-3-5-15-4-1-2-7-19(15)16;21-17(19-23)14-7-6-13-8-9-20(18(22)16(13)12-14)10-11-24-15-4-2-1-3-5-15;1-27(24,25)14-5-3-2-4-13(14)26-9-15-18-12-8-10(16(21)20-23)6-7-11(12)17(22)19-15;1-24-13-4-2-3-5-14(13)25-9-15-18-12-8-10(16(21)20-23)6-7-11(12)17(22)19-15;17-12-3-5-13(6-4-12)19-8-7-10-1-2-11(15(20)18-22)9-14(10)16(19)21;14-11(17)4-6-16-5-3-8-1-2-9(12(18)15-20)7-10(8)13(16)19/h1-9,11,13-14,27H,10,12H2,(H,23,25);1-9,12,23H,10-11H2,(H,19,21);2-8,23H,9H2,1H3,(H,20,21)(H,18,19,22);2-8,23H,9H2,1H3,(H,20,21)(H,18,19,22);1-9,22H,(H,18,20);1-3,5,7,20H,4,6H2,(H2,14,17)(H,15,18). The van der Waals surface area contributed by atoms with E-state index in [1.165, 1.54) is 127 Å². The van der Waals surface area contributed by atoms with Gasteiger partial charge in [-0.2, -0.15) is 0 Å². The number of fused-ring (bicyclic) bond motifs is 7. The third kappa shape index (κ3) is 26.2. The summed E-state index contributed by atoms with van der Waals surface area (Å²) in [6.45, 7) is 1.29. The number of aryl methyl sites for hydroxylation is 3. The largest absolute Gasteiger partial charge is 0.493 e. The summed E-state index contributed by atoms with van der Waals surface area (Å²) in [7, 11) is -1.95. The van der Waals surface area contributed by atoms with Crippen molar-refractivity contribution in [3.63, 3.8) is 0 Å². The Morgan fingerprint density at radius 1 is 0.379 bits per heavy atom. The second-order valence-corrected chi connectivity index (χ2v) is 33.9. The molecule has 0 fully saturated rings. The number of nitrogens with one attached hydrogen (secondary N) is 8. The lowest BCUT2D eigenvalue weighted by Gasteiger charge is -2.10. The topological polar surface area (TPSA) is 590 Å². The molecule has 738 valence electrons.